The molecule has 0 aromatic heterocycles. The van der Waals surface area contributed by atoms with Crippen LogP contribution in [0.2, 0.25) is 0 Å². The second kappa shape index (κ2) is 15.4. The summed E-state index contributed by atoms with van der Waals surface area (Å²) in [5.74, 6) is 1.35. The molecule has 0 radical (unpaired) electrons. The molecular formula is C10H24Cl2N4. The molecule has 0 heterocycles. The predicted octanol–water partition coefficient (Wildman–Crippen LogP) is -0.178. The fourth-order valence-corrected chi connectivity index (χ4v) is 1.43. The van der Waals surface area contributed by atoms with Crippen molar-refractivity contribution >= 4 is 23.2 Å². The van der Waals surface area contributed by atoms with Gasteiger partial charge in [0.05, 0.1) is 0 Å². The van der Waals surface area contributed by atoms with Gasteiger partial charge in [0.25, 0.3) is 0 Å². The molecule has 4 N–H and O–H groups in total. The quantitative estimate of drug-likeness (QED) is 0.277. The molecule has 0 saturated carbocycles. The van der Waals surface area contributed by atoms with E-state index in [2.05, 4.69) is 21.3 Å². The first-order chi connectivity index (χ1) is 7.91. The normalized spacial score (nSPS) is 10.9. The molecule has 0 fully saturated rings. The molecule has 0 saturated heterocycles. The van der Waals surface area contributed by atoms with Crippen molar-refractivity contribution in [2.45, 2.75) is 0 Å². The third kappa shape index (κ3) is 14.4. The highest BCUT2D eigenvalue weighted by Crippen LogP contribution is 1.69. The third-order valence-corrected chi connectivity index (χ3v) is 2.36. The number of hydrogen-bond donors (Lipinski definition) is 4. The zero-order chi connectivity index (χ0) is 11.9. The van der Waals surface area contributed by atoms with Gasteiger partial charge < -0.3 is 21.3 Å². The topological polar surface area (TPSA) is 48.1 Å². The second-order valence-corrected chi connectivity index (χ2v) is 4.13. The fourth-order valence-electron chi connectivity index (χ4n) is 1.16. The lowest BCUT2D eigenvalue weighted by Gasteiger charge is -2.07. The molecule has 0 aromatic carbocycles. The van der Waals surface area contributed by atoms with Gasteiger partial charge in [-0.15, -0.1) is 23.2 Å². The van der Waals surface area contributed by atoms with Crippen LogP contribution in [0.4, 0.5) is 0 Å². The maximum atomic E-state index is 5.53. The van der Waals surface area contributed by atoms with Gasteiger partial charge in [0.15, 0.2) is 0 Å². The van der Waals surface area contributed by atoms with Crippen molar-refractivity contribution in [1.29, 1.82) is 0 Å². The highest BCUT2D eigenvalue weighted by molar-refractivity contribution is 6.18. The second-order valence-electron chi connectivity index (χ2n) is 3.38. The maximum absolute atomic E-state index is 5.53. The average molecular weight is 271 g/mol. The van der Waals surface area contributed by atoms with Gasteiger partial charge in [-0.3, -0.25) is 0 Å². The Morgan fingerprint density at radius 3 is 0.938 bits per heavy atom. The van der Waals surface area contributed by atoms with E-state index in [0.717, 1.165) is 52.4 Å². The molecule has 0 bridgehead atoms. The van der Waals surface area contributed by atoms with Crippen LogP contribution in [-0.2, 0) is 0 Å². The summed E-state index contributed by atoms with van der Waals surface area (Å²) in [5.41, 5.74) is 0. The summed E-state index contributed by atoms with van der Waals surface area (Å²) in [6.45, 7) is 7.69. The Morgan fingerprint density at radius 2 is 0.688 bits per heavy atom. The van der Waals surface area contributed by atoms with Gasteiger partial charge in [0.1, 0.15) is 0 Å². The summed E-state index contributed by atoms with van der Waals surface area (Å²) >= 11 is 11.1. The predicted molar refractivity (Wildman–Crippen MR) is 72.9 cm³/mol. The van der Waals surface area contributed by atoms with Crippen LogP contribution < -0.4 is 21.3 Å². The van der Waals surface area contributed by atoms with E-state index < -0.39 is 0 Å². The lowest BCUT2D eigenvalue weighted by atomic mass is 10.5. The maximum Gasteiger partial charge on any atom is 0.0348 e. The van der Waals surface area contributed by atoms with Crippen LogP contribution in [0.5, 0.6) is 0 Å². The van der Waals surface area contributed by atoms with Crippen LogP contribution in [0.25, 0.3) is 0 Å². The van der Waals surface area contributed by atoms with Crippen LogP contribution in [-0.4, -0.2) is 64.1 Å². The Hall–Kier alpha value is 0.420. The molecule has 0 amide bonds. The summed E-state index contributed by atoms with van der Waals surface area (Å²) in [6.07, 6.45) is 0. The SMILES string of the molecule is ClCCNCCNCCNCCNCCCl. The van der Waals surface area contributed by atoms with Crippen molar-refractivity contribution in [2.75, 3.05) is 64.1 Å². The van der Waals surface area contributed by atoms with Crippen LogP contribution in [0.1, 0.15) is 0 Å². The molecule has 0 aromatic rings. The van der Waals surface area contributed by atoms with Gasteiger partial charge in [-0.05, 0) is 0 Å². The van der Waals surface area contributed by atoms with Crippen molar-refractivity contribution < 1.29 is 0 Å². The molecule has 0 spiro atoms. The first-order valence-electron chi connectivity index (χ1n) is 5.86. The van der Waals surface area contributed by atoms with E-state index in [1.807, 2.05) is 0 Å². The van der Waals surface area contributed by atoms with Crippen molar-refractivity contribution in [3.63, 3.8) is 0 Å². The third-order valence-electron chi connectivity index (χ3n) is 1.98. The minimum Gasteiger partial charge on any atom is -0.314 e. The van der Waals surface area contributed by atoms with Gasteiger partial charge in [-0.1, -0.05) is 0 Å². The first kappa shape index (κ1) is 16.4. The van der Waals surface area contributed by atoms with Gasteiger partial charge in [0.2, 0.25) is 0 Å². The van der Waals surface area contributed by atoms with Crippen LogP contribution in [0.3, 0.4) is 0 Å². The monoisotopic (exact) mass is 270 g/mol. The molecule has 16 heavy (non-hydrogen) atoms. The summed E-state index contributed by atoms with van der Waals surface area (Å²) in [6, 6.07) is 0. The smallest absolute Gasteiger partial charge is 0.0348 e. The number of rotatable bonds is 13. The average Bonchev–Trinajstić information content (AvgIpc) is 2.31. The van der Waals surface area contributed by atoms with E-state index in [1.165, 1.54) is 0 Å². The molecule has 0 aliphatic carbocycles. The Labute approximate surface area is 109 Å². The van der Waals surface area contributed by atoms with E-state index in [-0.39, 0.29) is 0 Å². The standard InChI is InChI=1S/C10H24Cl2N4/c11-1-3-13-5-7-15-9-10-16-8-6-14-4-2-12/h13-16H,1-10H2. The van der Waals surface area contributed by atoms with Crippen molar-refractivity contribution in [2.24, 2.45) is 0 Å². The lowest BCUT2D eigenvalue weighted by molar-refractivity contribution is 0.575. The number of alkyl halides is 2. The summed E-state index contributed by atoms with van der Waals surface area (Å²) in [4.78, 5) is 0. The minimum atomic E-state index is 0.677. The molecule has 98 valence electrons. The van der Waals surface area contributed by atoms with E-state index in [1.54, 1.807) is 0 Å². The lowest BCUT2D eigenvalue weighted by Crippen LogP contribution is -2.35. The molecule has 0 atom stereocenters. The van der Waals surface area contributed by atoms with E-state index >= 15 is 0 Å². The van der Waals surface area contributed by atoms with Crippen LogP contribution >= 0.6 is 23.2 Å². The Bertz CT molecular complexity index is 113. The van der Waals surface area contributed by atoms with E-state index in [4.69, 9.17) is 23.2 Å². The molecular weight excluding hydrogens is 247 g/mol. The largest absolute Gasteiger partial charge is 0.314 e. The van der Waals surface area contributed by atoms with Gasteiger partial charge in [-0.25, -0.2) is 0 Å². The van der Waals surface area contributed by atoms with Crippen LogP contribution in [0, 0.1) is 0 Å². The number of halogens is 2. The molecule has 6 heteroatoms. The Kier molecular flexibility index (Phi) is 15.8. The van der Waals surface area contributed by atoms with Crippen molar-refractivity contribution in [3.8, 4) is 0 Å². The summed E-state index contributed by atoms with van der Waals surface area (Å²) < 4.78 is 0. The molecule has 0 unspecified atom stereocenters. The fraction of sp³-hybridized carbons (Fsp3) is 1.00. The molecule has 0 rings (SSSR count). The first-order valence-corrected chi connectivity index (χ1v) is 6.93. The summed E-state index contributed by atoms with van der Waals surface area (Å²) in [7, 11) is 0. The zero-order valence-corrected chi connectivity index (χ0v) is 11.3. The molecule has 0 aliphatic heterocycles. The highest BCUT2D eigenvalue weighted by atomic mass is 35.5. The molecule has 0 aliphatic rings. The van der Waals surface area contributed by atoms with Crippen molar-refractivity contribution in [3.05, 3.63) is 0 Å². The zero-order valence-electron chi connectivity index (χ0n) is 9.83. The van der Waals surface area contributed by atoms with Crippen LogP contribution in [0.15, 0.2) is 0 Å². The van der Waals surface area contributed by atoms with E-state index in [0.29, 0.717) is 11.8 Å². The minimum absolute atomic E-state index is 0.677. The summed E-state index contributed by atoms with van der Waals surface area (Å²) in [5, 5.41) is 13.1. The van der Waals surface area contributed by atoms with Crippen molar-refractivity contribution in [1.82, 2.24) is 21.3 Å². The molecule has 4 nitrogen and oxygen atoms in total. The van der Waals surface area contributed by atoms with Gasteiger partial charge in [0, 0.05) is 64.1 Å². The number of nitrogens with one attached hydrogen (secondary N) is 4. The van der Waals surface area contributed by atoms with Gasteiger partial charge >= 0.3 is 0 Å². The van der Waals surface area contributed by atoms with E-state index in [9.17, 15) is 0 Å². The Balaban J connectivity index is 2.83. The van der Waals surface area contributed by atoms with Gasteiger partial charge in [-0.2, -0.15) is 0 Å². The Morgan fingerprint density at radius 1 is 0.438 bits per heavy atom. The number of hydrogen-bond acceptors (Lipinski definition) is 4. The highest BCUT2D eigenvalue weighted by Gasteiger charge is 1.89.